The number of rotatable bonds is 4. The third-order valence-corrected chi connectivity index (χ3v) is 5.60. The van der Waals surface area contributed by atoms with Gasteiger partial charge in [0.25, 0.3) is 0 Å². The molecular weight excluding hydrogens is 375 g/mol. The maximum atomic E-state index is 13.1. The van der Waals surface area contributed by atoms with Crippen molar-refractivity contribution in [2.24, 2.45) is 0 Å². The van der Waals surface area contributed by atoms with E-state index in [1.54, 1.807) is 12.1 Å². The zero-order valence-corrected chi connectivity index (χ0v) is 16.9. The number of aromatic nitrogens is 2. The second kappa shape index (κ2) is 8.59. The molecule has 2 saturated heterocycles. The number of carbonyl (C=O) groups excluding carboxylic acids is 1. The molecule has 1 aromatic heterocycles. The number of ether oxygens (including phenoxy) is 1. The molecule has 1 amide bonds. The predicted molar refractivity (Wildman–Crippen MR) is 105 cm³/mol. The molecule has 2 aliphatic heterocycles. The van der Waals surface area contributed by atoms with E-state index in [4.69, 9.17) is 9.15 Å². The molecule has 2 unspecified atom stereocenters. The Hall–Kier alpha value is -2.32. The van der Waals surface area contributed by atoms with Crippen molar-refractivity contribution in [3.05, 3.63) is 36.0 Å². The number of piperidine rings is 1. The Balaban J connectivity index is 1.29. The van der Waals surface area contributed by atoms with Crippen LogP contribution in [0, 0.1) is 5.82 Å². The summed E-state index contributed by atoms with van der Waals surface area (Å²) in [4.78, 5) is 16.8. The van der Waals surface area contributed by atoms with Gasteiger partial charge in [-0.15, -0.1) is 10.2 Å². The fourth-order valence-electron chi connectivity index (χ4n) is 4.12. The number of morpholine rings is 1. The minimum absolute atomic E-state index is 0.0845. The molecule has 2 fully saturated rings. The van der Waals surface area contributed by atoms with Crippen LogP contribution in [-0.2, 0) is 9.53 Å². The van der Waals surface area contributed by atoms with Gasteiger partial charge >= 0.3 is 0 Å². The lowest BCUT2D eigenvalue weighted by molar-refractivity contribution is -0.144. The highest BCUT2D eigenvalue weighted by molar-refractivity contribution is 5.78. The topological polar surface area (TPSA) is 71.7 Å². The Morgan fingerprint density at radius 2 is 1.76 bits per heavy atom. The lowest BCUT2D eigenvalue weighted by atomic mass is 9.97. The normalized spacial score (nSPS) is 24.0. The van der Waals surface area contributed by atoms with E-state index >= 15 is 0 Å². The van der Waals surface area contributed by atoms with Crippen LogP contribution in [0.15, 0.2) is 28.7 Å². The molecule has 8 heteroatoms. The van der Waals surface area contributed by atoms with Crippen molar-refractivity contribution in [2.45, 2.75) is 44.8 Å². The van der Waals surface area contributed by atoms with Crippen LogP contribution in [0.2, 0.25) is 0 Å². The first-order valence-electron chi connectivity index (χ1n) is 10.2. The average molecular weight is 402 g/mol. The molecule has 2 aromatic rings. The van der Waals surface area contributed by atoms with Gasteiger partial charge in [-0.1, -0.05) is 0 Å². The summed E-state index contributed by atoms with van der Waals surface area (Å²) >= 11 is 0. The molecule has 7 nitrogen and oxygen atoms in total. The molecular formula is C21H27FN4O3. The summed E-state index contributed by atoms with van der Waals surface area (Å²) in [6.45, 7) is 7.41. The summed E-state index contributed by atoms with van der Waals surface area (Å²) in [6, 6.07) is 6.03. The van der Waals surface area contributed by atoms with Gasteiger partial charge in [0.2, 0.25) is 17.7 Å². The molecule has 1 aromatic carbocycles. The van der Waals surface area contributed by atoms with Gasteiger partial charge < -0.3 is 14.1 Å². The molecule has 0 aliphatic carbocycles. The van der Waals surface area contributed by atoms with E-state index in [0.717, 1.165) is 25.9 Å². The van der Waals surface area contributed by atoms with Gasteiger partial charge in [0, 0.05) is 24.6 Å². The number of carbonyl (C=O) groups is 1. The van der Waals surface area contributed by atoms with Gasteiger partial charge in [-0.3, -0.25) is 9.69 Å². The van der Waals surface area contributed by atoms with Crippen molar-refractivity contribution in [1.82, 2.24) is 20.0 Å². The van der Waals surface area contributed by atoms with Crippen LogP contribution in [0.4, 0.5) is 4.39 Å². The van der Waals surface area contributed by atoms with Crippen molar-refractivity contribution >= 4 is 5.91 Å². The summed E-state index contributed by atoms with van der Waals surface area (Å²) in [5.41, 5.74) is 0.710. The van der Waals surface area contributed by atoms with Crippen molar-refractivity contribution in [2.75, 3.05) is 32.7 Å². The Morgan fingerprint density at radius 1 is 1.10 bits per heavy atom. The highest BCUT2D eigenvalue weighted by atomic mass is 19.1. The van der Waals surface area contributed by atoms with E-state index in [2.05, 4.69) is 15.1 Å². The first kappa shape index (κ1) is 20.0. The number of halogens is 1. The lowest BCUT2D eigenvalue weighted by Gasteiger charge is -2.37. The lowest BCUT2D eigenvalue weighted by Crippen LogP contribution is -2.51. The third-order valence-electron chi connectivity index (χ3n) is 5.60. The molecule has 2 atom stereocenters. The second-order valence-electron chi connectivity index (χ2n) is 8.06. The zero-order chi connectivity index (χ0) is 20.4. The van der Waals surface area contributed by atoms with Crippen molar-refractivity contribution in [1.29, 1.82) is 0 Å². The molecule has 4 rings (SSSR count). The molecule has 0 N–H and O–H groups in total. The molecule has 0 radical (unpaired) electrons. The van der Waals surface area contributed by atoms with Gasteiger partial charge in [-0.2, -0.15) is 0 Å². The van der Waals surface area contributed by atoms with E-state index in [9.17, 15) is 9.18 Å². The van der Waals surface area contributed by atoms with E-state index in [0.29, 0.717) is 37.0 Å². The van der Waals surface area contributed by atoms with Crippen LogP contribution < -0.4 is 0 Å². The smallest absolute Gasteiger partial charge is 0.247 e. The number of hydrogen-bond acceptors (Lipinski definition) is 6. The Bertz CT molecular complexity index is 823. The predicted octanol–water partition coefficient (Wildman–Crippen LogP) is 2.69. The highest BCUT2D eigenvalue weighted by Crippen LogP contribution is 2.29. The summed E-state index contributed by atoms with van der Waals surface area (Å²) < 4.78 is 24.6. The molecule has 0 spiro atoms. The maximum absolute atomic E-state index is 13.1. The van der Waals surface area contributed by atoms with Gasteiger partial charge in [0.15, 0.2) is 0 Å². The van der Waals surface area contributed by atoms with E-state index in [1.165, 1.54) is 12.1 Å². The number of hydrogen-bond donors (Lipinski definition) is 0. The second-order valence-corrected chi connectivity index (χ2v) is 8.06. The van der Waals surface area contributed by atoms with Crippen LogP contribution in [-0.4, -0.2) is 70.8 Å². The maximum Gasteiger partial charge on any atom is 0.247 e. The van der Waals surface area contributed by atoms with Gasteiger partial charge in [0.1, 0.15) is 5.82 Å². The third kappa shape index (κ3) is 4.82. The molecule has 3 heterocycles. The fourth-order valence-corrected chi connectivity index (χ4v) is 4.12. The monoisotopic (exact) mass is 402 g/mol. The van der Waals surface area contributed by atoms with Gasteiger partial charge in [0.05, 0.1) is 18.8 Å². The van der Waals surface area contributed by atoms with Crippen molar-refractivity contribution in [3.63, 3.8) is 0 Å². The average Bonchev–Trinajstić information content (AvgIpc) is 3.18. The van der Waals surface area contributed by atoms with Crippen LogP contribution in [0.25, 0.3) is 11.5 Å². The summed E-state index contributed by atoms with van der Waals surface area (Å²) in [5.74, 6) is 1.09. The zero-order valence-electron chi connectivity index (χ0n) is 16.9. The quantitative estimate of drug-likeness (QED) is 0.783. The van der Waals surface area contributed by atoms with Crippen molar-refractivity contribution < 1.29 is 18.3 Å². The largest absolute Gasteiger partial charge is 0.420 e. The minimum Gasteiger partial charge on any atom is -0.420 e. The summed E-state index contributed by atoms with van der Waals surface area (Å²) in [6.07, 6.45) is 1.91. The Morgan fingerprint density at radius 3 is 2.41 bits per heavy atom. The number of likely N-dealkylation sites (tertiary alicyclic amines) is 1. The number of benzene rings is 1. The summed E-state index contributed by atoms with van der Waals surface area (Å²) in [5, 5.41) is 8.31. The van der Waals surface area contributed by atoms with E-state index < -0.39 is 0 Å². The SMILES string of the molecule is CC1CN(C(=O)CN2CCC(c3nnc(-c4ccc(F)cc4)o3)CC2)CC(C)O1. The van der Waals surface area contributed by atoms with Crippen molar-refractivity contribution in [3.8, 4) is 11.5 Å². The van der Waals surface area contributed by atoms with Crippen LogP contribution in [0.1, 0.15) is 38.5 Å². The van der Waals surface area contributed by atoms with Crippen LogP contribution >= 0.6 is 0 Å². The molecule has 0 saturated carbocycles. The molecule has 0 bridgehead atoms. The number of amides is 1. The minimum atomic E-state index is -0.295. The Labute approximate surface area is 169 Å². The van der Waals surface area contributed by atoms with Gasteiger partial charge in [-0.05, 0) is 64.0 Å². The first-order valence-corrected chi connectivity index (χ1v) is 10.2. The van der Waals surface area contributed by atoms with Crippen LogP contribution in [0.5, 0.6) is 0 Å². The molecule has 29 heavy (non-hydrogen) atoms. The fraction of sp³-hybridized carbons (Fsp3) is 0.571. The first-order chi connectivity index (χ1) is 14.0. The van der Waals surface area contributed by atoms with E-state index in [-0.39, 0.29) is 29.9 Å². The number of nitrogens with zero attached hydrogens (tertiary/aromatic N) is 4. The standard InChI is InChI=1S/C21H27FN4O3/c1-14-11-26(12-15(2)28-14)19(27)13-25-9-7-17(8-10-25)21-24-23-20(29-21)16-3-5-18(22)6-4-16/h3-6,14-15,17H,7-13H2,1-2H3. The van der Waals surface area contributed by atoms with Crippen LogP contribution in [0.3, 0.4) is 0 Å². The van der Waals surface area contributed by atoms with E-state index in [1.807, 2.05) is 18.7 Å². The van der Waals surface area contributed by atoms with Gasteiger partial charge in [-0.25, -0.2) is 4.39 Å². The highest BCUT2D eigenvalue weighted by Gasteiger charge is 2.30. The Kier molecular flexibility index (Phi) is 5.91. The molecule has 156 valence electrons. The summed E-state index contributed by atoms with van der Waals surface area (Å²) in [7, 11) is 0. The molecule has 2 aliphatic rings.